The molecule has 0 radical (unpaired) electrons. The third kappa shape index (κ3) is 4.08. The molecule has 0 fully saturated rings. The molecule has 0 spiro atoms. The quantitative estimate of drug-likeness (QED) is 0.491. The molecule has 1 heterocycles. The van der Waals surface area contributed by atoms with Crippen molar-refractivity contribution in [3.05, 3.63) is 34.3 Å². The van der Waals surface area contributed by atoms with Crippen molar-refractivity contribution in [1.29, 1.82) is 5.26 Å². The first-order valence-corrected chi connectivity index (χ1v) is 7.45. The van der Waals surface area contributed by atoms with Crippen LogP contribution in [0.2, 0.25) is 0 Å². The Kier molecular flexibility index (Phi) is 5.15. The molecule has 2 rings (SSSR count). The molecule has 0 saturated carbocycles. The molecule has 0 bridgehead atoms. The van der Waals surface area contributed by atoms with Gasteiger partial charge in [-0.15, -0.1) is 5.10 Å². The Balaban J connectivity index is 1.99. The van der Waals surface area contributed by atoms with Crippen LogP contribution in [0, 0.1) is 11.3 Å². The number of nitriles is 1. The van der Waals surface area contributed by atoms with Gasteiger partial charge in [0.15, 0.2) is 0 Å². The molecule has 0 atom stereocenters. The summed E-state index contributed by atoms with van der Waals surface area (Å²) in [6.07, 6.45) is 0. The van der Waals surface area contributed by atoms with Crippen LogP contribution < -0.4 is 5.43 Å². The summed E-state index contributed by atoms with van der Waals surface area (Å²) in [5.41, 5.74) is 4.65. The van der Waals surface area contributed by atoms with E-state index in [4.69, 9.17) is 5.26 Å². The van der Waals surface area contributed by atoms with Crippen molar-refractivity contribution in [2.24, 2.45) is 5.10 Å². The van der Waals surface area contributed by atoms with Gasteiger partial charge in [-0.1, -0.05) is 39.8 Å². The van der Waals surface area contributed by atoms with Gasteiger partial charge in [0.2, 0.25) is 11.1 Å². The summed E-state index contributed by atoms with van der Waals surface area (Å²) in [4.78, 5) is 4.15. The zero-order valence-corrected chi connectivity index (χ0v) is 13.0. The van der Waals surface area contributed by atoms with Crippen molar-refractivity contribution >= 4 is 39.4 Å². The van der Waals surface area contributed by atoms with Crippen LogP contribution in [0.1, 0.15) is 12.5 Å². The molecule has 102 valence electrons. The number of nitrogens with one attached hydrogen (secondary N) is 2. The smallest absolute Gasteiger partial charge is 0.240 e. The number of nitrogens with zero attached hydrogens (tertiary/aromatic N) is 4. The molecule has 1 aromatic carbocycles. The van der Waals surface area contributed by atoms with Gasteiger partial charge in [-0.2, -0.15) is 15.3 Å². The first-order valence-electron chi connectivity index (χ1n) is 5.67. The predicted octanol–water partition coefficient (Wildman–Crippen LogP) is 3.02. The Bertz CT molecular complexity index is 643. The number of aromatic nitrogens is 3. The molecule has 0 aliphatic rings. The summed E-state index contributed by atoms with van der Waals surface area (Å²) in [5.74, 6) is 0.764. The molecule has 20 heavy (non-hydrogen) atoms. The maximum atomic E-state index is 8.48. The van der Waals surface area contributed by atoms with Gasteiger partial charge in [0, 0.05) is 4.47 Å². The molecule has 6 nitrogen and oxygen atoms in total. The van der Waals surface area contributed by atoms with Crippen LogP contribution >= 0.6 is 27.7 Å². The highest BCUT2D eigenvalue weighted by molar-refractivity contribution is 9.10. The third-order valence-electron chi connectivity index (χ3n) is 2.32. The number of benzene rings is 1. The number of halogens is 1. The molecule has 8 heteroatoms. The fourth-order valence-electron chi connectivity index (χ4n) is 1.35. The van der Waals surface area contributed by atoms with Crippen LogP contribution in [0.25, 0.3) is 0 Å². The van der Waals surface area contributed by atoms with Crippen molar-refractivity contribution in [2.45, 2.75) is 12.1 Å². The Labute approximate surface area is 128 Å². The summed E-state index contributed by atoms with van der Waals surface area (Å²) in [6.45, 7) is 1.90. The van der Waals surface area contributed by atoms with E-state index in [9.17, 15) is 0 Å². The minimum atomic E-state index is 0.318. The van der Waals surface area contributed by atoms with Gasteiger partial charge >= 0.3 is 0 Å². The van der Waals surface area contributed by atoms with E-state index in [2.05, 4.69) is 41.6 Å². The highest BCUT2D eigenvalue weighted by atomic mass is 79.9. The molecule has 2 N–H and O–H groups in total. The van der Waals surface area contributed by atoms with E-state index < -0.39 is 0 Å². The van der Waals surface area contributed by atoms with Crippen LogP contribution in [0.15, 0.2) is 39.0 Å². The van der Waals surface area contributed by atoms with Crippen LogP contribution in [0.5, 0.6) is 0 Å². The van der Waals surface area contributed by atoms with E-state index in [1.165, 1.54) is 11.8 Å². The normalized spacial score (nSPS) is 11.2. The molecule has 2 aromatic rings. The van der Waals surface area contributed by atoms with E-state index >= 15 is 0 Å². The fraction of sp³-hybridized carbons (Fsp3) is 0.167. The van der Waals surface area contributed by atoms with Crippen molar-refractivity contribution in [3.8, 4) is 6.07 Å². The molecule has 0 amide bonds. The molecule has 0 aliphatic heterocycles. The van der Waals surface area contributed by atoms with Crippen molar-refractivity contribution < 1.29 is 0 Å². The molecule has 0 unspecified atom stereocenters. The van der Waals surface area contributed by atoms with E-state index in [-0.39, 0.29) is 0 Å². The highest BCUT2D eigenvalue weighted by Gasteiger charge is 2.03. The second kappa shape index (κ2) is 7.07. The lowest BCUT2D eigenvalue weighted by Gasteiger charge is -2.01. The molecule has 0 saturated heterocycles. The minimum Gasteiger partial charge on any atom is -0.245 e. The molecule has 1 aromatic heterocycles. The second-order valence-corrected chi connectivity index (χ2v) is 5.59. The Morgan fingerprint density at radius 3 is 2.95 bits per heavy atom. The summed E-state index contributed by atoms with van der Waals surface area (Å²) in [6, 6.07) is 9.88. The van der Waals surface area contributed by atoms with E-state index in [0.29, 0.717) is 16.9 Å². The average molecular weight is 351 g/mol. The van der Waals surface area contributed by atoms with Crippen molar-refractivity contribution in [2.75, 3.05) is 11.2 Å². The summed E-state index contributed by atoms with van der Waals surface area (Å²) in [5, 5.41) is 19.9. The van der Waals surface area contributed by atoms with Gasteiger partial charge in [-0.05, 0) is 24.6 Å². The Morgan fingerprint density at radius 1 is 1.50 bits per heavy atom. The van der Waals surface area contributed by atoms with Crippen LogP contribution in [0.4, 0.5) is 5.95 Å². The zero-order chi connectivity index (χ0) is 14.4. The predicted molar refractivity (Wildman–Crippen MR) is 82.7 cm³/mol. The lowest BCUT2D eigenvalue weighted by Crippen LogP contribution is -2.00. The Morgan fingerprint density at radius 2 is 2.25 bits per heavy atom. The van der Waals surface area contributed by atoms with Gasteiger partial charge in [-0.25, -0.2) is 10.5 Å². The van der Waals surface area contributed by atoms with E-state index in [1.807, 2.05) is 37.3 Å². The maximum Gasteiger partial charge on any atom is 0.240 e. The number of aromatic amines is 1. The number of rotatable bonds is 5. The standard InChI is InChI=1S/C12H11BrN6S/c1-8(9-2-4-10(13)5-3-9)16-17-11-15-12(19-18-11)20-7-6-14/h2-5H,7H2,1H3,(H2,15,17,18,19)/b16-8-. The van der Waals surface area contributed by atoms with Crippen molar-refractivity contribution in [1.82, 2.24) is 15.2 Å². The highest BCUT2D eigenvalue weighted by Crippen LogP contribution is 2.14. The largest absolute Gasteiger partial charge is 0.245 e. The summed E-state index contributed by atoms with van der Waals surface area (Å²) >= 11 is 4.65. The van der Waals surface area contributed by atoms with E-state index in [1.54, 1.807) is 0 Å². The van der Waals surface area contributed by atoms with Gasteiger partial charge < -0.3 is 0 Å². The number of hydrazone groups is 1. The number of thioether (sulfide) groups is 1. The van der Waals surface area contributed by atoms with Gasteiger partial charge in [0.1, 0.15) is 0 Å². The van der Waals surface area contributed by atoms with E-state index in [0.717, 1.165) is 15.7 Å². The monoisotopic (exact) mass is 350 g/mol. The van der Waals surface area contributed by atoms with Gasteiger partial charge in [0.25, 0.3) is 0 Å². The van der Waals surface area contributed by atoms with Crippen molar-refractivity contribution in [3.63, 3.8) is 0 Å². The second-order valence-electron chi connectivity index (χ2n) is 3.73. The number of anilines is 1. The number of hydrogen-bond acceptors (Lipinski definition) is 6. The number of H-pyrrole nitrogens is 1. The van der Waals surface area contributed by atoms with Crippen LogP contribution in [0.3, 0.4) is 0 Å². The van der Waals surface area contributed by atoms with Gasteiger partial charge in [0.05, 0.1) is 17.5 Å². The first-order chi connectivity index (χ1) is 9.69. The SMILES string of the molecule is C/C(=N/Nc1nc(SCC#N)n[nH]1)c1ccc(Br)cc1. The Hall–Kier alpha value is -1.85. The average Bonchev–Trinajstić information content (AvgIpc) is 2.91. The lowest BCUT2D eigenvalue weighted by atomic mass is 10.1. The van der Waals surface area contributed by atoms with Crippen LogP contribution in [-0.4, -0.2) is 26.6 Å². The molecule has 0 aliphatic carbocycles. The molecular weight excluding hydrogens is 340 g/mol. The zero-order valence-electron chi connectivity index (χ0n) is 10.6. The lowest BCUT2D eigenvalue weighted by molar-refractivity contribution is 0.974. The topological polar surface area (TPSA) is 89.8 Å². The first kappa shape index (κ1) is 14.6. The van der Waals surface area contributed by atoms with Gasteiger partial charge in [-0.3, -0.25) is 0 Å². The third-order valence-corrected chi connectivity index (χ3v) is 3.57. The number of hydrogen-bond donors (Lipinski definition) is 2. The fourth-order valence-corrected chi connectivity index (χ4v) is 2.07. The summed E-state index contributed by atoms with van der Waals surface area (Å²) < 4.78 is 1.02. The summed E-state index contributed by atoms with van der Waals surface area (Å²) in [7, 11) is 0. The maximum absolute atomic E-state index is 8.48. The minimum absolute atomic E-state index is 0.318. The molecular formula is C12H11BrN6S. The van der Waals surface area contributed by atoms with Crippen LogP contribution in [-0.2, 0) is 0 Å².